The second kappa shape index (κ2) is 7.37. The summed E-state index contributed by atoms with van der Waals surface area (Å²) < 4.78 is 5.10. The van der Waals surface area contributed by atoms with Crippen LogP contribution >= 0.6 is 11.3 Å². The highest BCUT2D eigenvalue weighted by Gasteiger charge is 2.23. The van der Waals surface area contributed by atoms with Crippen LogP contribution in [0.25, 0.3) is 10.2 Å². The predicted molar refractivity (Wildman–Crippen MR) is 102 cm³/mol. The molecule has 0 aromatic carbocycles. The summed E-state index contributed by atoms with van der Waals surface area (Å²) >= 11 is 1.67. The first-order chi connectivity index (χ1) is 12.8. The first-order valence-corrected chi connectivity index (χ1v) is 9.71. The molecule has 0 unspecified atom stereocenters. The molecule has 0 fully saturated rings. The maximum absolute atomic E-state index is 12.2. The monoisotopic (exact) mass is 368 g/mol. The Labute approximate surface area is 155 Å². The van der Waals surface area contributed by atoms with Gasteiger partial charge in [-0.2, -0.15) is 0 Å². The molecule has 3 heterocycles. The van der Waals surface area contributed by atoms with Crippen LogP contribution in [0.15, 0.2) is 24.4 Å². The summed E-state index contributed by atoms with van der Waals surface area (Å²) in [5.74, 6) is 0.325. The lowest BCUT2D eigenvalue weighted by Gasteiger charge is -2.13. The number of carbonyl (C=O) groups is 1. The number of ether oxygens (including phenoxy) is 1. The molecule has 0 saturated heterocycles. The Morgan fingerprint density at radius 3 is 2.96 bits per heavy atom. The van der Waals surface area contributed by atoms with Crippen LogP contribution in [0.5, 0.6) is 0 Å². The first-order valence-electron chi connectivity index (χ1n) is 8.89. The molecule has 1 N–H and O–H groups in total. The average molecular weight is 368 g/mol. The highest BCUT2D eigenvalue weighted by atomic mass is 32.1. The zero-order valence-electron chi connectivity index (χ0n) is 14.6. The van der Waals surface area contributed by atoms with Gasteiger partial charge in [-0.1, -0.05) is 6.07 Å². The smallest absolute Gasteiger partial charge is 0.376 e. The molecular formula is C19H20N4O2S. The van der Waals surface area contributed by atoms with Gasteiger partial charge in [0, 0.05) is 11.1 Å². The van der Waals surface area contributed by atoms with Crippen LogP contribution in [0, 0.1) is 0 Å². The van der Waals surface area contributed by atoms with E-state index in [0.29, 0.717) is 19.0 Å². The van der Waals surface area contributed by atoms with Crippen molar-refractivity contribution in [1.82, 2.24) is 15.0 Å². The second-order valence-corrected chi connectivity index (χ2v) is 7.27. The van der Waals surface area contributed by atoms with E-state index in [1.165, 1.54) is 23.3 Å². The highest BCUT2D eigenvalue weighted by molar-refractivity contribution is 7.19. The number of nitrogens with zero attached hydrogens (tertiary/aromatic N) is 3. The molecule has 3 aromatic rings. The zero-order chi connectivity index (χ0) is 17.9. The quantitative estimate of drug-likeness (QED) is 0.691. The van der Waals surface area contributed by atoms with Crippen LogP contribution in [0.3, 0.4) is 0 Å². The number of fused-ring (bicyclic) bond motifs is 3. The van der Waals surface area contributed by atoms with Gasteiger partial charge in [0.15, 0.2) is 0 Å². The van der Waals surface area contributed by atoms with Crippen LogP contribution < -0.4 is 5.32 Å². The van der Waals surface area contributed by atoms with Crippen molar-refractivity contribution < 1.29 is 9.53 Å². The van der Waals surface area contributed by atoms with Gasteiger partial charge in [0.05, 0.1) is 24.2 Å². The van der Waals surface area contributed by atoms with Crippen molar-refractivity contribution in [3.63, 3.8) is 0 Å². The van der Waals surface area contributed by atoms with E-state index in [2.05, 4.69) is 20.3 Å². The summed E-state index contributed by atoms with van der Waals surface area (Å²) in [5, 5.41) is 4.41. The van der Waals surface area contributed by atoms with Crippen molar-refractivity contribution in [3.8, 4) is 0 Å². The molecule has 0 amide bonds. The van der Waals surface area contributed by atoms with E-state index in [1.807, 2.05) is 18.2 Å². The standard InChI is InChI=1S/C19H20N4O2S/c1-2-25-19(24)17-22-16(21-11-12-7-5-6-10-20-12)15-13-8-3-4-9-14(13)26-18(15)23-17/h5-7,10H,2-4,8-9,11H2,1H3,(H,21,22,23). The Balaban J connectivity index is 1.76. The van der Waals surface area contributed by atoms with Gasteiger partial charge in [-0.25, -0.2) is 14.8 Å². The summed E-state index contributed by atoms with van der Waals surface area (Å²) in [5.41, 5.74) is 2.25. The van der Waals surface area contributed by atoms with E-state index in [-0.39, 0.29) is 5.82 Å². The van der Waals surface area contributed by atoms with E-state index < -0.39 is 5.97 Å². The molecule has 0 bridgehead atoms. The molecule has 0 atom stereocenters. The third-order valence-corrected chi connectivity index (χ3v) is 5.62. The van der Waals surface area contributed by atoms with Gasteiger partial charge >= 0.3 is 5.97 Å². The summed E-state index contributed by atoms with van der Waals surface area (Å²) in [6, 6.07) is 5.80. The third kappa shape index (κ3) is 3.26. The SMILES string of the molecule is CCOC(=O)c1nc(NCc2ccccn2)c2c3c(sc2n1)CCCC3. The number of aromatic nitrogens is 3. The van der Waals surface area contributed by atoms with Crippen LogP contribution in [0.1, 0.15) is 46.5 Å². The number of hydrogen-bond donors (Lipinski definition) is 1. The summed E-state index contributed by atoms with van der Waals surface area (Å²) in [6.45, 7) is 2.62. The lowest BCUT2D eigenvalue weighted by atomic mass is 9.97. The van der Waals surface area contributed by atoms with E-state index in [4.69, 9.17) is 4.74 Å². The van der Waals surface area contributed by atoms with Crippen molar-refractivity contribution in [2.45, 2.75) is 39.2 Å². The topological polar surface area (TPSA) is 77.0 Å². The van der Waals surface area contributed by atoms with Gasteiger partial charge in [0.2, 0.25) is 5.82 Å². The van der Waals surface area contributed by atoms with Gasteiger partial charge in [0.1, 0.15) is 10.6 Å². The molecule has 1 aliphatic carbocycles. The van der Waals surface area contributed by atoms with E-state index in [0.717, 1.165) is 28.8 Å². The van der Waals surface area contributed by atoms with Crippen molar-refractivity contribution in [3.05, 3.63) is 46.4 Å². The highest BCUT2D eigenvalue weighted by Crippen LogP contribution is 2.38. The number of nitrogens with one attached hydrogen (secondary N) is 1. The van der Waals surface area contributed by atoms with E-state index >= 15 is 0 Å². The summed E-state index contributed by atoms with van der Waals surface area (Å²) in [7, 11) is 0. The number of pyridine rings is 1. The molecular weight excluding hydrogens is 348 g/mol. The van der Waals surface area contributed by atoms with Crippen LogP contribution in [-0.2, 0) is 24.1 Å². The minimum Gasteiger partial charge on any atom is -0.460 e. The van der Waals surface area contributed by atoms with Crippen LogP contribution in [-0.4, -0.2) is 27.5 Å². The molecule has 7 heteroatoms. The maximum Gasteiger partial charge on any atom is 0.376 e. The van der Waals surface area contributed by atoms with Gasteiger partial charge in [-0.05, 0) is 50.3 Å². The Morgan fingerprint density at radius 2 is 2.15 bits per heavy atom. The number of anilines is 1. The molecule has 3 aromatic heterocycles. The number of rotatable bonds is 5. The lowest BCUT2D eigenvalue weighted by Crippen LogP contribution is -2.13. The van der Waals surface area contributed by atoms with Crippen molar-refractivity contribution in [2.24, 2.45) is 0 Å². The van der Waals surface area contributed by atoms with Gasteiger partial charge < -0.3 is 10.1 Å². The second-order valence-electron chi connectivity index (χ2n) is 6.18. The maximum atomic E-state index is 12.2. The predicted octanol–water partition coefficient (Wildman–Crippen LogP) is 3.75. The number of aryl methyl sites for hydroxylation is 2. The fraction of sp³-hybridized carbons (Fsp3) is 0.368. The average Bonchev–Trinajstić information content (AvgIpc) is 3.05. The number of hydrogen-bond acceptors (Lipinski definition) is 7. The fourth-order valence-corrected chi connectivity index (χ4v) is 4.51. The van der Waals surface area contributed by atoms with Crippen LogP contribution in [0.2, 0.25) is 0 Å². The van der Waals surface area contributed by atoms with E-state index in [1.54, 1.807) is 24.5 Å². The Hall–Kier alpha value is -2.54. The van der Waals surface area contributed by atoms with Crippen molar-refractivity contribution >= 4 is 33.3 Å². The number of esters is 1. The van der Waals surface area contributed by atoms with Gasteiger partial charge in [-0.3, -0.25) is 4.98 Å². The minimum absolute atomic E-state index is 0.112. The molecule has 134 valence electrons. The number of carbonyl (C=O) groups excluding carboxylic acids is 1. The number of thiophene rings is 1. The molecule has 26 heavy (non-hydrogen) atoms. The van der Waals surface area contributed by atoms with Crippen molar-refractivity contribution in [1.29, 1.82) is 0 Å². The largest absolute Gasteiger partial charge is 0.460 e. The Kier molecular flexibility index (Phi) is 4.79. The molecule has 0 radical (unpaired) electrons. The minimum atomic E-state index is -0.485. The third-order valence-electron chi connectivity index (χ3n) is 4.44. The normalized spacial score (nSPS) is 13.4. The fourth-order valence-electron chi connectivity index (χ4n) is 3.25. The van der Waals surface area contributed by atoms with Gasteiger partial charge in [-0.15, -0.1) is 11.3 Å². The molecule has 1 aliphatic rings. The Bertz CT molecular complexity index is 940. The van der Waals surface area contributed by atoms with Crippen molar-refractivity contribution in [2.75, 3.05) is 11.9 Å². The molecule has 0 aliphatic heterocycles. The molecule has 4 rings (SSSR count). The first kappa shape index (κ1) is 16.9. The molecule has 0 spiro atoms. The lowest BCUT2D eigenvalue weighted by molar-refractivity contribution is 0.0512. The molecule has 0 saturated carbocycles. The Morgan fingerprint density at radius 1 is 1.27 bits per heavy atom. The zero-order valence-corrected chi connectivity index (χ0v) is 15.4. The summed E-state index contributed by atoms with van der Waals surface area (Å²) in [4.78, 5) is 27.7. The van der Waals surface area contributed by atoms with E-state index in [9.17, 15) is 4.79 Å². The van der Waals surface area contributed by atoms with Crippen LogP contribution in [0.4, 0.5) is 5.82 Å². The summed E-state index contributed by atoms with van der Waals surface area (Å²) in [6.07, 6.45) is 6.26. The molecule has 6 nitrogen and oxygen atoms in total. The van der Waals surface area contributed by atoms with Gasteiger partial charge in [0.25, 0.3) is 0 Å².